The zero-order valence-electron chi connectivity index (χ0n) is 21.1. The van der Waals surface area contributed by atoms with Crippen molar-refractivity contribution >= 4 is 13.7 Å². The van der Waals surface area contributed by atoms with Gasteiger partial charge in [0.25, 0.3) is 5.56 Å². The van der Waals surface area contributed by atoms with Gasteiger partial charge in [0, 0.05) is 11.8 Å². The van der Waals surface area contributed by atoms with Gasteiger partial charge < -0.3 is 23.5 Å². The minimum Gasteiger partial charge on any atom is -0.497 e. The van der Waals surface area contributed by atoms with Crippen molar-refractivity contribution in [2.24, 2.45) is 0 Å². The van der Waals surface area contributed by atoms with Gasteiger partial charge in [-0.15, -0.1) is 0 Å². The number of unbranched alkanes of at least 4 members (excludes halogenated alkanes) is 1. The van der Waals surface area contributed by atoms with Gasteiger partial charge in [0.2, 0.25) is 0 Å². The fraction of sp³-hybridized carbons (Fsp3) is 0.522. The molecule has 3 rings (SSSR count). The second kappa shape index (κ2) is 13.0. The predicted molar refractivity (Wildman–Crippen MR) is 132 cm³/mol. The van der Waals surface area contributed by atoms with Crippen molar-refractivity contribution in [3.8, 4) is 11.5 Å². The first kappa shape index (κ1) is 28.6. The van der Waals surface area contributed by atoms with E-state index >= 15 is 0 Å². The van der Waals surface area contributed by atoms with Crippen LogP contribution in [0.25, 0.3) is 0 Å². The fourth-order valence-corrected chi connectivity index (χ4v) is 4.71. The number of methoxy groups -OCH3 is 1. The van der Waals surface area contributed by atoms with E-state index in [2.05, 4.69) is 10.1 Å². The van der Waals surface area contributed by atoms with Gasteiger partial charge in [0.15, 0.2) is 12.5 Å². The first-order valence-corrected chi connectivity index (χ1v) is 13.3. The zero-order chi connectivity index (χ0) is 27.0. The Labute approximate surface area is 213 Å². The summed E-state index contributed by atoms with van der Waals surface area (Å²) in [5, 5.41) is 2.59. The van der Waals surface area contributed by atoms with Gasteiger partial charge in [-0.3, -0.25) is 23.7 Å². The lowest BCUT2D eigenvalue weighted by molar-refractivity contribution is -0.145. The van der Waals surface area contributed by atoms with Crippen LogP contribution >= 0.6 is 7.75 Å². The molecule has 0 spiro atoms. The Morgan fingerprint density at radius 1 is 1.27 bits per heavy atom. The maximum Gasteiger partial charge on any atom is 0.459 e. The van der Waals surface area contributed by atoms with Crippen LogP contribution < -0.4 is 25.6 Å². The van der Waals surface area contributed by atoms with Crippen molar-refractivity contribution in [2.75, 3.05) is 26.9 Å². The van der Waals surface area contributed by atoms with Gasteiger partial charge in [0.1, 0.15) is 24.1 Å². The Hall–Kier alpha value is -2.96. The lowest BCUT2D eigenvalue weighted by Crippen LogP contribution is -2.36. The van der Waals surface area contributed by atoms with Crippen LogP contribution in [-0.4, -0.2) is 54.8 Å². The number of aromatic amines is 1. The van der Waals surface area contributed by atoms with Crippen molar-refractivity contribution in [2.45, 2.75) is 52.2 Å². The number of hydrogen-bond donors (Lipinski definition) is 2. The zero-order valence-corrected chi connectivity index (χ0v) is 22.0. The number of nitrogens with one attached hydrogen (secondary N) is 2. The van der Waals surface area contributed by atoms with Crippen LogP contribution in [0.1, 0.15) is 38.5 Å². The van der Waals surface area contributed by atoms with E-state index in [1.165, 1.54) is 36.9 Å². The molecule has 0 aliphatic carbocycles. The largest absolute Gasteiger partial charge is 0.497 e. The number of benzene rings is 1. The third kappa shape index (κ3) is 8.01. The van der Waals surface area contributed by atoms with Crippen LogP contribution in [0.3, 0.4) is 0 Å². The number of ether oxygens (including phenoxy) is 4. The molecule has 4 atom stereocenters. The van der Waals surface area contributed by atoms with E-state index in [1.54, 1.807) is 19.1 Å². The second-order valence-corrected chi connectivity index (χ2v) is 9.96. The molecule has 1 aliphatic heterocycles. The lowest BCUT2D eigenvalue weighted by atomic mass is 10.3. The summed E-state index contributed by atoms with van der Waals surface area (Å²) >= 11 is 0. The summed E-state index contributed by atoms with van der Waals surface area (Å²) in [4.78, 5) is 38.3. The summed E-state index contributed by atoms with van der Waals surface area (Å²) in [5.41, 5.74) is -0.828. The summed E-state index contributed by atoms with van der Waals surface area (Å²) in [6.45, 7) is 4.86. The molecule has 204 valence electrons. The van der Waals surface area contributed by atoms with Crippen LogP contribution in [0, 0.1) is 6.92 Å². The monoisotopic (exact) mass is 541 g/mol. The number of hydrogen-bond acceptors (Lipinski definition) is 10. The molecule has 2 aromatic rings. The highest BCUT2D eigenvalue weighted by atomic mass is 31.2. The molecule has 2 N–H and O–H groups in total. The van der Waals surface area contributed by atoms with Crippen LogP contribution in [0.5, 0.6) is 11.5 Å². The third-order valence-electron chi connectivity index (χ3n) is 5.30. The highest BCUT2D eigenvalue weighted by molar-refractivity contribution is 7.52. The van der Waals surface area contributed by atoms with E-state index in [4.69, 9.17) is 28.0 Å². The molecule has 1 aromatic heterocycles. The van der Waals surface area contributed by atoms with E-state index in [1.807, 2.05) is 6.92 Å². The lowest BCUT2D eigenvalue weighted by Gasteiger charge is -2.24. The number of nitrogens with zero attached hydrogens (tertiary/aromatic N) is 1. The minimum atomic E-state index is -4.15. The summed E-state index contributed by atoms with van der Waals surface area (Å²) in [6.07, 6.45) is 1.07. The van der Waals surface area contributed by atoms with Crippen molar-refractivity contribution in [3.05, 3.63) is 56.9 Å². The van der Waals surface area contributed by atoms with E-state index in [0.29, 0.717) is 17.7 Å². The molecule has 14 heteroatoms. The second-order valence-electron chi connectivity index (χ2n) is 8.26. The molecule has 2 heterocycles. The molecular formula is C23H32N3O10P. The molecule has 0 amide bonds. The summed E-state index contributed by atoms with van der Waals surface area (Å²) in [7, 11) is -2.64. The van der Waals surface area contributed by atoms with Gasteiger partial charge in [-0.2, -0.15) is 5.09 Å². The van der Waals surface area contributed by atoms with Gasteiger partial charge in [-0.05, 0) is 44.5 Å². The Kier molecular flexibility index (Phi) is 10.1. The van der Waals surface area contributed by atoms with Crippen molar-refractivity contribution in [1.29, 1.82) is 0 Å². The molecule has 37 heavy (non-hydrogen) atoms. The topological polar surface area (TPSA) is 156 Å². The number of aromatic nitrogens is 2. The van der Waals surface area contributed by atoms with Crippen LogP contribution in [0.2, 0.25) is 0 Å². The molecule has 1 aliphatic rings. The smallest absolute Gasteiger partial charge is 0.459 e. The first-order chi connectivity index (χ1) is 17.6. The number of H-pyrrole nitrogens is 1. The fourth-order valence-electron chi connectivity index (χ4n) is 3.23. The van der Waals surface area contributed by atoms with Crippen molar-refractivity contribution in [3.63, 3.8) is 0 Å². The maximum absolute atomic E-state index is 13.6. The Balaban J connectivity index is 1.68. The third-order valence-corrected chi connectivity index (χ3v) is 6.95. The normalized spacial score (nSPS) is 19.7. The Morgan fingerprint density at radius 3 is 2.65 bits per heavy atom. The average molecular weight is 541 g/mol. The number of esters is 1. The molecule has 1 aromatic carbocycles. The number of rotatable bonds is 13. The molecular weight excluding hydrogens is 509 g/mol. The molecule has 1 saturated heterocycles. The van der Waals surface area contributed by atoms with Crippen molar-refractivity contribution < 1.29 is 37.4 Å². The van der Waals surface area contributed by atoms with Crippen LogP contribution in [0.4, 0.5) is 0 Å². The van der Waals surface area contributed by atoms with E-state index < -0.39 is 43.5 Å². The molecule has 0 radical (unpaired) electrons. The molecule has 0 bridgehead atoms. The highest BCUT2D eigenvalue weighted by Crippen LogP contribution is 2.45. The molecule has 13 nitrogen and oxygen atoms in total. The average Bonchev–Trinajstić information content (AvgIpc) is 3.34. The Morgan fingerprint density at radius 2 is 1.97 bits per heavy atom. The first-order valence-electron chi connectivity index (χ1n) is 11.8. The number of carbonyl (C=O) groups excluding carboxylic acids is 1. The van der Waals surface area contributed by atoms with Gasteiger partial charge >= 0.3 is 19.4 Å². The van der Waals surface area contributed by atoms with E-state index in [0.717, 1.165) is 6.42 Å². The summed E-state index contributed by atoms with van der Waals surface area (Å²) in [5.74, 6) is 0.150. The quantitative estimate of drug-likeness (QED) is 0.218. The maximum atomic E-state index is 13.6. The Bertz CT molecular complexity index is 1210. The number of carbonyl (C=O) groups is 1. The summed E-state index contributed by atoms with van der Waals surface area (Å²) in [6, 6.07) is 5.27. The molecule has 2 unspecified atom stereocenters. The minimum absolute atomic E-state index is 0.0172. The van der Waals surface area contributed by atoms with Gasteiger partial charge in [0.05, 0.1) is 20.3 Å². The van der Waals surface area contributed by atoms with Gasteiger partial charge in [-0.25, -0.2) is 9.36 Å². The highest BCUT2D eigenvalue weighted by Gasteiger charge is 2.36. The van der Waals surface area contributed by atoms with Crippen LogP contribution in [-0.2, 0) is 28.1 Å². The van der Waals surface area contributed by atoms with E-state index in [9.17, 15) is 18.9 Å². The van der Waals surface area contributed by atoms with Gasteiger partial charge in [-0.1, -0.05) is 13.3 Å². The summed E-state index contributed by atoms with van der Waals surface area (Å²) < 4.78 is 47.5. The van der Waals surface area contributed by atoms with Crippen LogP contribution in [0.15, 0.2) is 40.1 Å². The standard InChI is InChI=1S/C23H32N3O10P/c1-5-6-11-32-22(28)16(3)25-37(30,36-18-9-7-17(31-4)8-10-18)34-14-20-33-13-19(35-20)26-12-15(2)21(27)24-23(26)29/h7-10,12,16,19-20H,5-6,11,13-14H2,1-4H3,(H,25,30)(H,24,27,29)/t16?,19-,20-,37?/m1/s1. The predicted octanol–water partition coefficient (Wildman–Crippen LogP) is 2.25. The molecule has 0 saturated carbocycles. The molecule has 1 fully saturated rings. The number of aryl methyl sites for hydroxylation is 1. The van der Waals surface area contributed by atoms with E-state index in [-0.39, 0.29) is 25.6 Å². The SMILES string of the molecule is CCCCOC(=O)C(C)NP(=O)(OC[C@@H]1OC[C@H](n2cc(C)c(=O)[nH]c2=O)O1)Oc1ccc(OC)cc1. The van der Waals surface area contributed by atoms with Crippen molar-refractivity contribution in [1.82, 2.24) is 14.6 Å².